The van der Waals surface area contributed by atoms with Gasteiger partial charge in [-0.3, -0.25) is 4.90 Å². The number of allylic oxidation sites excluding steroid dienone is 2. The molecular formula is C21H30N2O2. The lowest BCUT2D eigenvalue weighted by molar-refractivity contribution is 0.108. The second kappa shape index (κ2) is 7.38. The number of hydrogen-bond donors (Lipinski definition) is 0. The largest absolute Gasteiger partial charge is 0.493 e. The van der Waals surface area contributed by atoms with Crippen molar-refractivity contribution in [3.05, 3.63) is 35.9 Å². The van der Waals surface area contributed by atoms with E-state index in [9.17, 15) is 0 Å². The molecule has 2 bridgehead atoms. The predicted molar refractivity (Wildman–Crippen MR) is 100 cm³/mol. The van der Waals surface area contributed by atoms with Gasteiger partial charge in [-0.1, -0.05) is 18.2 Å². The van der Waals surface area contributed by atoms with Crippen LogP contribution in [0.5, 0.6) is 11.5 Å². The van der Waals surface area contributed by atoms with E-state index in [-0.39, 0.29) is 0 Å². The number of benzene rings is 1. The third-order valence-electron chi connectivity index (χ3n) is 6.23. The highest BCUT2D eigenvalue weighted by Gasteiger charge is 2.36. The Morgan fingerprint density at radius 1 is 0.920 bits per heavy atom. The monoisotopic (exact) mass is 342 g/mol. The van der Waals surface area contributed by atoms with E-state index in [4.69, 9.17) is 9.47 Å². The highest BCUT2D eigenvalue weighted by Crippen LogP contribution is 2.43. The Labute approximate surface area is 151 Å². The molecule has 0 radical (unpaired) electrons. The highest BCUT2D eigenvalue weighted by atomic mass is 16.5. The maximum absolute atomic E-state index is 5.42. The molecule has 136 valence electrons. The maximum atomic E-state index is 5.42. The summed E-state index contributed by atoms with van der Waals surface area (Å²) in [7, 11) is 3.38. The summed E-state index contributed by atoms with van der Waals surface area (Å²) in [6, 6.07) is 6.26. The molecule has 1 saturated carbocycles. The molecule has 1 aliphatic heterocycles. The minimum absolute atomic E-state index is 0.802. The van der Waals surface area contributed by atoms with Crippen molar-refractivity contribution >= 4 is 0 Å². The topological polar surface area (TPSA) is 24.9 Å². The smallest absolute Gasteiger partial charge is 0.161 e. The SMILES string of the molecule is COc1ccc(CN2CCN(C[C@H]3C[C@@H]4C=C[C@@H]3C4)CC2)cc1OC. The molecule has 0 amide bonds. The number of piperazine rings is 1. The first-order valence-corrected chi connectivity index (χ1v) is 9.59. The van der Waals surface area contributed by atoms with E-state index in [1.807, 2.05) is 6.07 Å². The van der Waals surface area contributed by atoms with Crippen LogP contribution in [0.3, 0.4) is 0 Å². The molecule has 0 unspecified atom stereocenters. The van der Waals surface area contributed by atoms with Crippen molar-refractivity contribution in [1.82, 2.24) is 9.80 Å². The minimum Gasteiger partial charge on any atom is -0.493 e. The van der Waals surface area contributed by atoms with Gasteiger partial charge in [-0.25, -0.2) is 0 Å². The number of nitrogens with zero attached hydrogens (tertiary/aromatic N) is 2. The fraction of sp³-hybridized carbons (Fsp3) is 0.619. The van der Waals surface area contributed by atoms with Crippen LogP contribution >= 0.6 is 0 Å². The molecule has 4 rings (SSSR count). The van der Waals surface area contributed by atoms with Crippen molar-refractivity contribution in [3.8, 4) is 11.5 Å². The Morgan fingerprint density at radius 3 is 2.32 bits per heavy atom. The Kier molecular flexibility index (Phi) is 5.00. The molecule has 1 saturated heterocycles. The second-order valence-electron chi connectivity index (χ2n) is 7.81. The zero-order valence-corrected chi connectivity index (χ0v) is 15.5. The van der Waals surface area contributed by atoms with Crippen LogP contribution in [-0.2, 0) is 6.54 Å². The average molecular weight is 342 g/mol. The van der Waals surface area contributed by atoms with E-state index < -0.39 is 0 Å². The van der Waals surface area contributed by atoms with Crippen LogP contribution in [-0.4, -0.2) is 56.7 Å². The molecule has 1 aromatic rings. The van der Waals surface area contributed by atoms with Crippen LogP contribution in [0.15, 0.2) is 30.4 Å². The molecule has 25 heavy (non-hydrogen) atoms. The van der Waals surface area contributed by atoms with Gasteiger partial charge >= 0.3 is 0 Å². The summed E-state index contributed by atoms with van der Waals surface area (Å²) >= 11 is 0. The fourth-order valence-electron chi connectivity index (χ4n) is 4.80. The first-order valence-electron chi connectivity index (χ1n) is 9.59. The van der Waals surface area contributed by atoms with Gasteiger partial charge in [0.2, 0.25) is 0 Å². The van der Waals surface area contributed by atoms with Crippen molar-refractivity contribution in [2.75, 3.05) is 46.9 Å². The van der Waals surface area contributed by atoms with E-state index in [0.717, 1.165) is 48.9 Å². The minimum atomic E-state index is 0.802. The molecule has 2 fully saturated rings. The van der Waals surface area contributed by atoms with Crippen LogP contribution in [0.4, 0.5) is 0 Å². The van der Waals surface area contributed by atoms with E-state index in [2.05, 4.69) is 34.1 Å². The summed E-state index contributed by atoms with van der Waals surface area (Å²) in [4.78, 5) is 5.24. The molecule has 1 aromatic carbocycles. The first-order chi connectivity index (χ1) is 12.2. The van der Waals surface area contributed by atoms with Crippen LogP contribution in [0, 0.1) is 17.8 Å². The first kappa shape index (κ1) is 16.9. The molecule has 0 spiro atoms. The standard InChI is InChI=1S/C21H30N2O2/c1-24-20-6-4-17(13-21(20)25-2)14-22-7-9-23(10-8-22)15-19-12-16-3-5-18(19)11-16/h3-6,13,16,18-19H,7-12,14-15H2,1-2H3/t16-,18-,19-/m1/s1. The van der Waals surface area contributed by atoms with E-state index in [1.165, 1.54) is 38.0 Å². The van der Waals surface area contributed by atoms with Crippen molar-refractivity contribution in [2.45, 2.75) is 19.4 Å². The number of ether oxygens (including phenoxy) is 2. The van der Waals surface area contributed by atoms with E-state index in [1.54, 1.807) is 14.2 Å². The van der Waals surface area contributed by atoms with Gasteiger partial charge in [-0.15, -0.1) is 0 Å². The average Bonchev–Trinajstić information content (AvgIpc) is 3.26. The van der Waals surface area contributed by atoms with Gasteiger partial charge in [-0.2, -0.15) is 0 Å². The lowest BCUT2D eigenvalue weighted by atomic mass is 9.93. The lowest BCUT2D eigenvalue weighted by Crippen LogP contribution is -2.47. The Balaban J connectivity index is 1.27. The lowest BCUT2D eigenvalue weighted by Gasteiger charge is -2.37. The third kappa shape index (κ3) is 3.70. The maximum Gasteiger partial charge on any atom is 0.161 e. The van der Waals surface area contributed by atoms with Crippen LogP contribution in [0.25, 0.3) is 0 Å². The molecule has 3 aliphatic rings. The van der Waals surface area contributed by atoms with Gasteiger partial charge in [0, 0.05) is 39.3 Å². The van der Waals surface area contributed by atoms with Crippen molar-refractivity contribution < 1.29 is 9.47 Å². The summed E-state index contributed by atoms with van der Waals surface area (Å²) in [6.45, 7) is 7.01. The Hall–Kier alpha value is -1.52. The van der Waals surface area contributed by atoms with Gasteiger partial charge < -0.3 is 14.4 Å². The fourth-order valence-corrected chi connectivity index (χ4v) is 4.80. The van der Waals surface area contributed by atoms with Crippen LogP contribution in [0.2, 0.25) is 0 Å². The van der Waals surface area contributed by atoms with Crippen LogP contribution in [0.1, 0.15) is 18.4 Å². The third-order valence-corrected chi connectivity index (χ3v) is 6.23. The molecule has 4 nitrogen and oxygen atoms in total. The molecule has 0 aromatic heterocycles. The quantitative estimate of drug-likeness (QED) is 0.742. The molecule has 2 aliphatic carbocycles. The molecule has 3 atom stereocenters. The summed E-state index contributed by atoms with van der Waals surface area (Å²) in [6.07, 6.45) is 7.77. The summed E-state index contributed by atoms with van der Waals surface area (Å²) in [5, 5.41) is 0. The second-order valence-corrected chi connectivity index (χ2v) is 7.81. The van der Waals surface area contributed by atoms with E-state index >= 15 is 0 Å². The summed E-state index contributed by atoms with van der Waals surface area (Å²) in [5.74, 6) is 4.29. The van der Waals surface area contributed by atoms with Crippen molar-refractivity contribution in [3.63, 3.8) is 0 Å². The Morgan fingerprint density at radius 2 is 1.68 bits per heavy atom. The van der Waals surface area contributed by atoms with Crippen molar-refractivity contribution in [1.29, 1.82) is 0 Å². The molecule has 0 N–H and O–H groups in total. The van der Waals surface area contributed by atoms with Crippen molar-refractivity contribution in [2.24, 2.45) is 17.8 Å². The zero-order valence-electron chi connectivity index (χ0n) is 15.5. The van der Waals surface area contributed by atoms with Gasteiger partial charge in [0.1, 0.15) is 0 Å². The number of rotatable bonds is 6. The molecule has 1 heterocycles. The highest BCUT2D eigenvalue weighted by molar-refractivity contribution is 5.42. The van der Waals surface area contributed by atoms with Gasteiger partial charge in [0.05, 0.1) is 14.2 Å². The summed E-state index contributed by atoms with van der Waals surface area (Å²) in [5.41, 5.74) is 1.30. The zero-order chi connectivity index (χ0) is 17.2. The molecular weight excluding hydrogens is 312 g/mol. The number of hydrogen-bond acceptors (Lipinski definition) is 4. The van der Waals surface area contributed by atoms with Gasteiger partial charge in [0.15, 0.2) is 11.5 Å². The predicted octanol–water partition coefficient (Wildman–Crippen LogP) is 3.03. The number of fused-ring (bicyclic) bond motifs is 2. The summed E-state index contributed by atoms with van der Waals surface area (Å²) < 4.78 is 10.8. The van der Waals surface area contributed by atoms with Crippen LogP contribution < -0.4 is 9.47 Å². The normalized spacial score (nSPS) is 29.3. The van der Waals surface area contributed by atoms with E-state index in [0.29, 0.717) is 0 Å². The van der Waals surface area contributed by atoms with Gasteiger partial charge in [0.25, 0.3) is 0 Å². The number of methoxy groups -OCH3 is 2. The Bertz CT molecular complexity index is 622. The van der Waals surface area contributed by atoms with Gasteiger partial charge in [-0.05, 0) is 48.3 Å². The molecule has 4 heteroatoms.